The normalized spacial score (nSPS) is 20.5. The molecule has 4 atom stereocenters. The number of methoxy groups -OCH3 is 1. The summed E-state index contributed by atoms with van der Waals surface area (Å²) in [5.41, 5.74) is 0.151. The summed E-state index contributed by atoms with van der Waals surface area (Å²) < 4.78 is 67.3. The van der Waals surface area contributed by atoms with Crippen molar-refractivity contribution in [1.29, 1.82) is 0 Å². The summed E-state index contributed by atoms with van der Waals surface area (Å²) in [5.74, 6) is 0.888. The highest BCUT2D eigenvalue weighted by molar-refractivity contribution is 7.45. The van der Waals surface area contributed by atoms with Gasteiger partial charge in [0.15, 0.2) is 11.2 Å². The zero-order valence-electron chi connectivity index (χ0n) is 26.7. The lowest BCUT2D eigenvalue weighted by atomic mass is 10.1. The Morgan fingerprint density at radius 1 is 1.15 bits per heavy atom. The Labute approximate surface area is 282 Å². The van der Waals surface area contributed by atoms with E-state index in [1.54, 1.807) is 50.7 Å². The van der Waals surface area contributed by atoms with Crippen LogP contribution in [0.2, 0.25) is 5.02 Å². The number of alkyl halides is 3. The standard InChI is InChI=1S/C24H29ClN5O6P.C8H7F3/c1-4-33-23(31)24(9-10-24)29-37(36-17-7-5-16(25)6-8-17)34-12-18-11-15(2)22(35-18)30-14-28-19-20(30)26-13-27-21(19)32-3;1-6-4-2-3-5-7(6)8(9,10)11/h5-8,13-15,18,22,29H,4,9-12H2,1-3H3;2-5H,1H3. The zero-order valence-corrected chi connectivity index (χ0v) is 28.4. The molecule has 2 aromatic heterocycles. The average molecular weight is 710 g/mol. The molecule has 6 rings (SSSR count). The van der Waals surface area contributed by atoms with Crippen LogP contribution in [-0.4, -0.2) is 57.5 Å². The third-order valence-electron chi connectivity index (χ3n) is 7.80. The Balaban J connectivity index is 0.000000349. The van der Waals surface area contributed by atoms with Gasteiger partial charge in [-0.15, -0.1) is 0 Å². The minimum Gasteiger partial charge on any atom is -0.479 e. The van der Waals surface area contributed by atoms with Gasteiger partial charge in [0.25, 0.3) is 0 Å². The zero-order chi connectivity index (χ0) is 34.5. The van der Waals surface area contributed by atoms with Crippen molar-refractivity contribution in [2.45, 2.75) is 64.1 Å². The second-order valence-electron chi connectivity index (χ2n) is 11.4. The van der Waals surface area contributed by atoms with Crippen LogP contribution in [0.5, 0.6) is 11.6 Å². The maximum absolute atomic E-state index is 12.5. The van der Waals surface area contributed by atoms with Crippen molar-refractivity contribution in [2.75, 3.05) is 20.3 Å². The number of esters is 1. The van der Waals surface area contributed by atoms with Crippen LogP contribution in [0.15, 0.2) is 61.2 Å². The fraction of sp³-hybridized carbons (Fsp3) is 0.438. The molecule has 2 aromatic carbocycles. The molecule has 1 N–H and O–H groups in total. The van der Waals surface area contributed by atoms with Gasteiger partial charge in [-0.1, -0.05) is 36.7 Å². The molecule has 0 radical (unpaired) electrons. The van der Waals surface area contributed by atoms with Crippen LogP contribution in [-0.2, 0) is 25.0 Å². The van der Waals surface area contributed by atoms with Crippen molar-refractivity contribution in [1.82, 2.24) is 24.6 Å². The molecule has 16 heteroatoms. The molecule has 11 nitrogen and oxygen atoms in total. The number of hydrogen-bond donors (Lipinski definition) is 1. The first-order valence-corrected chi connectivity index (χ1v) is 16.8. The molecule has 0 spiro atoms. The van der Waals surface area contributed by atoms with Crippen LogP contribution in [0.4, 0.5) is 13.2 Å². The molecule has 3 heterocycles. The van der Waals surface area contributed by atoms with Crippen LogP contribution in [0.3, 0.4) is 0 Å². The van der Waals surface area contributed by atoms with Crippen LogP contribution in [0.1, 0.15) is 50.5 Å². The van der Waals surface area contributed by atoms with Crippen molar-refractivity contribution < 1.29 is 41.2 Å². The molecule has 4 aromatic rings. The third-order valence-corrected chi connectivity index (χ3v) is 9.42. The Hall–Kier alpha value is -3.55. The van der Waals surface area contributed by atoms with Gasteiger partial charge in [0.2, 0.25) is 5.88 Å². The summed E-state index contributed by atoms with van der Waals surface area (Å²) in [6.45, 7) is 5.94. The van der Waals surface area contributed by atoms with E-state index < -0.39 is 25.8 Å². The Kier molecular flexibility index (Phi) is 11.4. The van der Waals surface area contributed by atoms with E-state index in [-0.39, 0.29) is 36.4 Å². The van der Waals surface area contributed by atoms with Gasteiger partial charge in [-0.2, -0.15) is 18.2 Å². The van der Waals surface area contributed by atoms with Crippen molar-refractivity contribution in [3.8, 4) is 11.6 Å². The Morgan fingerprint density at radius 3 is 2.50 bits per heavy atom. The molecule has 2 fully saturated rings. The minimum atomic E-state index is -4.22. The second kappa shape index (κ2) is 15.3. The van der Waals surface area contributed by atoms with Gasteiger partial charge in [-0.05, 0) is 69.0 Å². The molecule has 1 aliphatic heterocycles. The lowest BCUT2D eigenvalue weighted by Crippen LogP contribution is -2.39. The smallest absolute Gasteiger partial charge is 0.416 e. The molecule has 1 aliphatic carbocycles. The number of fused-ring (bicyclic) bond motifs is 1. The summed E-state index contributed by atoms with van der Waals surface area (Å²) in [6, 6.07) is 12.5. The van der Waals surface area contributed by atoms with Crippen molar-refractivity contribution in [3.63, 3.8) is 0 Å². The lowest BCUT2D eigenvalue weighted by molar-refractivity contribution is -0.146. The number of nitrogens with one attached hydrogen (secondary N) is 1. The molecule has 1 saturated carbocycles. The number of rotatable bonds is 11. The second-order valence-corrected chi connectivity index (χ2v) is 13.0. The predicted molar refractivity (Wildman–Crippen MR) is 172 cm³/mol. The van der Waals surface area contributed by atoms with Gasteiger partial charge in [0.05, 0.1) is 38.3 Å². The number of aromatic nitrogens is 4. The largest absolute Gasteiger partial charge is 0.479 e. The summed E-state index contributed by atoms with van der Waals surface area (Å²) in [4.78, 5) is 25.5. The number of imidazole rings is 1. The van der Waals surface area contributed by atoms with E-state index >= 15 is 0 Å². The summed E-state index contributed by atoms with van der Waals surface area (Å²) in [6.07, 6.45) is 0.546. The highest BCUT2D eigenvalue weighted by atomic mass is 35.5. The topological polar surface area (TPSA) is 119 Å². The number of carbonyl (C=O) groups excluding carboxylic acids is 1. The Bertz CT molecular complexity index is 1690. The highest BCUT2D eigenvalue weighted by Crippen LogP contribution is 2.48. The number of halogens is 4. The van der Waals surface area contributed by atoms with Gasteiger partial charge < -0.3 is 23.3 Å². The number of aryl methyl sites for hydroxylation is 1. The van der Waals surface area contributed by atoms with Gasteiger partial charge in [0, 0.05) is 10.9 Å². The SMILES string of the molecule is CCOC(=O)C1(NP(OCC2CC(C)C(n3cnc4c(OC)ncnc43)O2)Oc2ccc(Cl)cc2)CC1.Cc1ccccc1C(F)(F)F. The number of carbonyl (C=O) groups is 1. The molecule has 4 unspecified atom stereocenters. The molecule has 1 saturated heterocycles. The fourth-order valence-electron chi connectivity index (χ4n) is 5.18. The van der Waals surface area contributed by atoms with E-state index in [9.17, 15) is 18.0 Å². The average Bonchev–Trinajstić information content (AvgIpc) is 3.57. The molecule has 0 bridgehead atoms. The molecule has 48 heavy (non-hydrogen) atoms. The quantitative estimate of drug-likeness (QED) is 0.124. The van der Waals surface area contributed by atoms with Crippen LogP contribution in [0.25, 0.3) is 11.2 Å². The van der Waals surface area contributed by atoms with Crippen LogP contribution in [0, 0.1) is 12.8 Å². The van der Waals surface area contributed by atoms with Crippen molar-refractivity contribution >= 4 is 37.3 Å². The van der Waals surface area contributed by atoms with Crippen molar-refractivity contribution in [2.24, 2.45) is 5.92 Å². The summed E-state index contributed by atoms with van der Waals surface area (Å²) in [5, 5.41) is 3.88. The third kappa shape index (κ3) is 8.53. The molecular formula is C32H36ClF3N5O6P. The van der Waals surface area contributed by atoms with E-state index in [1.807, 2.05) is 4.57 Å². The first-order valence-electron chi connectivity index (χ1n) is 15.3. The minimum absolute atomic E-state index is 0.178. The number of nitrogens with zero attached hydrogens (tertiary/aromatic N) is 4. The first kappa shape index (κ1) is 35.7. The van der Waals surface area contributed by atoms with Gasteiger partial charge in [-0.3, -0.25) is 9.36 Å². The molecular weight excluding hydrogens is 674 g/mol. The highest BCUT2D eigenvalue weighted by Gasteiger charge is 2.54. The van der Waals surface area contributed by atoms with E-state index in [2.05, 4.69) is 27.0 Å². The Morgan fingerprint density at radius 2 is 1.88 bits per heavy atom. The van der Waals surface area contributed by atoms with Crippen molar-refractivity contribution in [3.05, 3.63) is 77.3 Å². The maximum Gasteiger partial charge on any atom is 0.416 e. The van der Waals surface area contributed by atoms with Gasteiger partial charge in [-0.25, -0.2) is 15.1 Å². The van der Waals surface area contributed by atoms with Gasteiger partial charge >= 0.3 is 20.7 Å². The number of hydrogen-bond acceptors (Lipinski definition) is 10. The summed E-state index contributed by atoms with van der Waals surface area (Å²) in [7, 11) is -0.120. The predicted octanol–water partition coefficient (Wildman–Crippen LogP) is 7.43. The first-order chi connectivity index (χ1) is 22.9. The molecule has 2 aliphatic rings. The number of benzene rings is 2. The fourth-order valence-corrected chi connectivity index (χ4v) is 6.74. The summed E-state index contributed by atoms with van der Waals surface area (Å²) >= 11 is 6.01. The molecule has 258 valence electrons. The van der Waals surface area contributed by atoms with Gasteiger partial charge in [0.1, 0.15) is 23.8 Å². The monoisotopic (exact) mass is 709 g/mol. The number of ether oxygens (including phenoxy) is 3. The van der Waals surface area contributed by atoms with E-state index in [0.717, 1.165) is 12.5 Å². The molecule has 0 amide bonds. The van der Waals surface area contributed by atoms with E-state index in [1.165, 1.54) is 25.4 Å². The lowest BCUT2D eigenvalue weighted by Gasteiger charge is -2.24. The maximum atomic E-state index is 12.5. The van der Waals surface area contributed by atoms with Crippen LogP contribution >= 0.6 is 20.1 Å². The van der Waals surface area contributed by atoms with E-state index in [0.29, 0.717) is 47.3 Å². The van der Waals surface area contributed by atoms with E-state index in [4.69, 9.17) is 34.9 Å². The van der Waals surface area contributed by atoms with Crippen LogP contribution < -0.4 is 14.3 Å².